The molecule has 2 aromatic rings. The first-order valence-corrected chi connectivity index (χ1v) is 7.26. The van der Waals surface area contributed by atoms with Crippen LogP contribution in [0.3, 0.4) is 0 Å². The lowest BCUT2D eigenvalue weighted by Crippen LogP contribution is -2.39. The minimum atomic E-state index is 0. The van der Waals surface area contributed by atoms with Crippen LogP contribution >= 0.6 is 24.0 Å². The molecule has 3 rings (SSSR count). The zero-order valence-corrected chi connectivity index (χ0v) is 15.0. The molecule has 7 nitrogen and oxygen atoms in total. The maximum atomic E-state index is 5.26. The predicted octanol–water partition coefficient (Wildman–Crippen LogP) is 2.15. The number of aromatic nitrogens is 3. The van der Waals surface area contributed by atoms with E-state index in [1.54, 1.807) is 6.26 Å². The lowest BCUT2D eigenvalue weighted by atomic mass is 10.4. The second-order valence-electron chi connectivity index (χ2n) is 5.24. The molecule has 0 aliphatic heterocycles. The molecule has 3 N–H and O–H groups in total. The number of H-pyrrole nitrogens is 1. The van der Waals surface area contributed by atoms with Crippen LogP contribution in [0.25, 0.3) is 11.6 Å². The number of rotatable bonds is 5. The third-order valence-electron chi connectivity index (χ3n) is 3.44. The summed E-state index contributed by atoms with van der Waals surface area (Å²) >= 11 is 0. The van der Waals surface area contributed by atoms with Crippen LogP contribution in [-0.2, 0) is 6.54 Å². The topological polar surface area (TPSA) is 91.1 Å². The van der Waals surface area contributed by atoms with Gasteiger partial charge in [-0.25, -0.2) is 9.98 Å². The summed E-state index contributed by atoms with van der Waals surface area (Å²) in [6.07, 6.45) is 2.81. The number of aromatic amines is 1. The standard InChI is InChI=1S/C14H20N6O.HI/c1-3-15-14(17-10-7-9(10)2)16-8-12-18-13(20-19-12)11-5-4-6-21-11;/h4-6,9-10H,3,7-8H2,1-2H3,(H2,15,16,17)(H,18,19,20);1H. The maximum Gasteiger partial charge on any atom is 0.216 e. The molecule has 22 heavy (non-hydrogen) atoms. The van der Waals surface area contributed by atoms with Gasteiger partial charge in [-0.3, -0.25) is 5.10 Å². The Morgan fingerprint density at radius 1 is 1.55 bits per heavy atom. The highest BCUT2D eigenvalue weighted by molar-refractivity contribution is 14.0. The minimum Gasteiger partial charge on any atom is -0.461 e. The van der Waals surface area contributed by atoms with Crippen LogP contribution < -0.4 is 10.6 Å². The van der Waals surface area contributed by atoms with Gasteiger partial charge >= 0.3 is 0 Å². The smallest absolute Gasteiger partial charge is 0.216 e. The van der Waals surface area contributed by atoms with Crippen molar-refractivity contribution in [3.63, 3.8) is 0 Å². The molecule has 1 saturated carbocycles. The molecule has 2 atom stereocenters. The van der Waals surface area contributed by atoms with Crippen LogP contribution in [0.15, 0.2) is 27.8 Å². The number of halogens is 1. The van der Waals surface area contributed by atoms with Gasteiger partial charge in [0.15, 0.2) is 11.7 Å². The molecule has 8 heteroatoms. The van der Waals surface area contributed by atoms with Gasteiger partial charge in [-0.05, 0) is 31.4 Å². The van der Waals surface area contributed by atoms with E-state index in [1.165, 1.54) is 6.42 Å². The average molecular weight is 416 g/mol. The van der Waals surface area contributed by atoms with Crippen molar-refractivity contribution in [2.45, 2.75) is 32.9 Å². The molecule has 2 heterocycles. The van der Waals surface area contributed by atoms with Crippen molar-refractivity contribution in [1.82, 2.24) is 25.8 Å². The number of nitrogens with one attached hydrogen (secondary N) is 3. The first-order chi connectivity index (χ1) is 10.3. The molecule has 1 fully saturated rings. The van der Waals surface area contributed by atoms with Crippen LogP contribution in [0, 0.1) is 5.92 Å². The molecule has 2 unspecified atom stereocenters. The summed E-state index contributed by atoms with van der Waals surface area (Å²) in [4.78, 5) is 8.89. The molecular weight excluding hydrogens is 395 g/mol. The van der Waals surface area contributed by atoms with Gasteiger partial charge in [0.2, 0.25) is 5.82 Å². The van der Waals surface area contributed by atoms with E-state index in [0.29, 0.717) is 30.0 Å². The largest absolute Gasteiger partial charge is 0.461 e. The van der Waals surface area contributed by atoms with Crippen LogP contribution in [-0.4, -0.2) is 33.7 Å². The van der Waals surface area contributed by atoms with E-state index in [1.807, 2.05) is 12.1 Å². The van der Waals surface area contributed by atoms with E-state index in [9.17, 15) is 0 Å². The number of hydrogen-bond donors (Lipinski definition) is 3. The van der Waals surface area contributed by atoms with Gasteiger partial charge in [0.1, 0.15) is 12.4 Å². The predicted molar refractivity (Wildman–Crippen MR) is 95.0 cm³/mol. The lowest BCUT2D eigenvalue weighted by Gasteiger charge is -2.09. The maximum absolute atomic E-state index is 5.26. The second kappa shape index (κ2) is 7.61. The Morgan fingerprint density at radius 3 is 3.00 bits per heavy atom. The van der Waals surface area contributed by atoms with Gasteiger partial charge < -0.3 is 15.1 Å². The molecule has 0 saturated heterocycles. The zero-order valence-electron chi connectivity index (χ0n) is 12.7. The summed E-state index contributed by atoms with van der Waals surface area (Å²) in [6, 6.07) is 4.18. The van der Waals surface area contributed by atoms with Gasteiger partial charge in [-0.2, -0.15) is 0 Å². The molecule has 0 aromatic carbocycles. The number of hydrogen-bond acceptors (Lipinski definition) is 4. The Labute approximate surface area is 146 Å². The Kier molecular flexibility index (Phi) is 5.81. The monoisotopic (exact) mass is 416 g/mol. The fourth-order valence-electron chi connectivity index (χ4n) is 2.05. The summed E-state index contributed by atoms with van der Waals surface area (Å²) in [5, 5.41) is 13.7. The van der Waals surface area contributed by atoms with Crippen LogP contribution in [0.2, 0.25) is 0 Å². The Bertz CT molecular complexity index is 609. The van der Waals surface area contributed by atoms with E-state index in [0.717, 1.165) is 18.4 Å². The van der Waals surface area contributed by atoms with Crippen molar-refractivity contribution in [2.24, 2.45) is 10.9 Å². The van der Waals surface area contributed by atoms with Gasteiger partial charge in [0.05, 0.1) is 6.26 Å². The highest BCUT2D eigenvalue weighted by Crippen LogP contribution is 2.28. The third-order valence-corrected chi connectivity index (χ3v) is 3.44. The third kappa shape index (κ3) is 4.21. The second-order valence-corrected chi connectivity index (χ2v) is 5.24. The number of furan rings is 1. The van der Waals surface area contributed by atoms with Gasteiger partial charge in [0, 0.05) is 12.6 Å². The summed E-state index contributed by atoms with van der Waals surface area (Å²) in [6.45, 7) is 5.56. The molecule has 0 amide bonds. The first kappa shape index (κ1) is 16.8. The quantitative estimate of drug-likeness (QED) is 0.395. The summed E-state index contributed by atoms with van der Waals surface area (Å²) in [7, 11) is 0. The van der Waals surface area contributed by atoms with Gasteiger partial charge in [-0.15, -0.1) is 29.1 Å². The zero-order chi connectivity index (χ0) is 14.7. The van der Waals surface area contributed by atoms with Crippen molar-refractivity contribution in [3.05, 3.63) is 24.2 Å². The van der Waals surface area contributed by atoms with E-state index < -0.39 is 0 Å². The SMILES string of the molecule is CCNC(=NCc1nc(-c2ccco2)n[nH]1)NC1CC1C.I. The van der Waals surface area contributed by atoms with Crippen molar-refractivity contribution in [3.8, 4) is 11.6 Å². The fourth-order valence-corrected chi connectivity index (χ4v) is 2.05. The molecule has 1 aliphatic rings. The number of guanidine groups is 1. The first-order valence-electron chi connectivity index (χ1n) is 7.26. The fraction of sp³-hybridized carbons (Fsp3) is 0.500. The Hall–Kier alpha value is -1.58. The molecule has 0 bridgehead atoms. The van der Waals surface area contributed by atoms with Gasteiger partial charge in [0.25, 0.3) is 0 Å². The van der Waals surface area contributed by atoms with Gasteiger partial charge in [-0.1, -0.05) is 6.92 Å². The van der Waals surface area contributed by atoms with E-state index in [4.69, 9.17) is 4.42 Å². The minimum absolute atomic E-state index is 0. The molecule has 1 aliphatic carbocycles. The molecule has 120 valence electrons. The molecule has 0 spiro atoms. The van der Waals surface area contributed by atoms with Crippen molar-refractivity contribution in [1.29, 1.82) is 0 Å². The molecular formula is C14H21IN6O. The number of aliphatic imine (C=N–C) groups is 1. The normalized spacial score (nSPS) is 20.4. The lowest BCUT2D eigenvalue weighted by molar-refractivity contribution is 0.577. The molecule has 0 radical (unpaired) electrons. The van der Waals surface area contributed by atoms with E-state index in [-0.39, 0.29) is 24.0 Å². The van der Waals surface area contributed by atoms with Crippen molar-refractivity contribution < 1.29 is 4.42 Å². The highest BCUT2D eigenvalue weighted by atomic mass is 127. The number of nitrogens with zero attached hydrogens (tertiary/aromatic N) is 3. The average Bonchev–Trinajstić information content (AvgIpc) is 2.95. The van der Waals surface area contributed by atoms with E-state index in [2.05, 4.69) is 44.7 Å². The van der Waals surface area contributed by atoms with Crippen LogP contribution in [0.1, 0.15) is 26.1 Å². The summed E-state index contributed by atoms with van der Waals surface area (Å²) in [5.41, 5.74) is 0. The van der Waals surface area contributed by atoms with Crippen LogP contribution in [0.5, 0.6) is 0 Å². The Balaban J connectivity index is 0.00000176. The van der Waals surface area contributed by atoms with E-state index >= 15 is 0 Å². The molecule has 2 aromatic heterocycles. The summed E-state index contributed by atoms with van der Waals surface area (Å²) in [5.74, 6) is 3.47. The Morgan fingerprint density at radius 2 is 2.36 bits per heavy atom. The van der Waals surface area contributed by atoms with Crippen molar-refractivity contribution >= 4 is 29.9 Å². The summed E-state index contributed by atoms with van der Waals surface area (Å²) < 4.78 is 5.26. The highest BCUT2D eigenvalue weighted by Gasteiger charge is 2.33. The van der Waals surface area contributed by atoms with Crippen molar-refractivity contribution in [2.75, 3.05) is 6.54 Å². The van der Waals surface area contributed by atoms with Crippen LogP contribution in [0.4, 0.5) is 0 Å².